The van der Waals surface area contributed by atoms with Crippen molar-refractivity contribution in [3.8, 4) is 5.69 Å². The predicted octanol–water partition coefficient (Wildman–Crippen LogP) is 5.79. The quantitative estimate of drug-likeness (QED) is 0.280. The molecule has 2 saturated heterocycles. The van der Waals surface area contributed by atoms with Crippen LogP contribution in [0.25, 0.3) is 16.6 Å². The minimum atomic E-state index is -0.412. The van der Waals surface area contributed by atoms with E-state index in [4.69, 9.17) is 0 Å². The van der Waals surface area contributed by atoms with Crippen molar-refractivity contribution in [2.45, 2.75) is 85.9 Å². The summed E-state index contributed by atoms with van der Waals surface area (Å²) in [4.78, 5) is 39.1. The number of nitrogens with zero attached hydrogens (tertiary/aromatic N) is 6. The molecule has 1 aromatic carbocycles. The molecule has 2 aliphatic heterocycles. The maximum absolute atomic E-state index is 14.6. The lowest BCUT2D eigenvalue weighted by Gasteiger charge is -2.55. The molecule has 1 atom stereocenters. The molecule has 1 aliphatic carbocycles. The van der Waals surface area contributed by atoms with E-state index in [-0.39, 0.29) is 17.9 Å². The van der Waals surface area contributed by atoms with E-state index in [0.717, 1.165) is 62.7 Å². The Labute approximate surface area is 279 Å². The first-order valence-electron chi connectivity index (χ1n) is 17.8. The van der Waals surface area contributed by atoms with Crippen LogP contribution >= 0.6 is 0 Å². The van der Waals surface area contributed by atoms with Gasteiger partial charge in [-0.2, -0.15) is 0 Å². The Bertz CT molecular complexity index is 1600. The van der Waals surface area contributed by atoms with Gasteiger partial charge in [0.15, 0.2) is 0 Å². The summed E-state index contributed by atoms with van der Waals surface area (Å²) in [7, 11) is 0. The summed E-state index contributed by atoms with van der Waals surface area (Å²) in [5.74, 6) is 1.52. The molecular weight excluding hydrogens is 591 g/mol. The second-order valence-corrected chi connectivity index (χ2v) is 14.9. The molecule has 3 fully saturated rings. The average Bonchev–Trinajstić information content (AvgIpc) is 3.36. The maximum Gasteiger partial charge on any atom is 0.256 e. The fourth-order valence-electron chi connectivity index (χ4n) is 8.75. The summed E-state index contributed by atoms with van der Waals surface area (Å²) in [5, 5.41) is 1.18. The third-order valence-corrected chi connectivity index (χ3v) is 11.2. The van der Waals surface area contributed by atoms with Crippen LogP contribution in [0.15, 0.2) is 36.8 Å². The molecule has 0 radical (unpaired) electrons. The van der Waals surface area contributed by atoms with E-state index in [2.05, 4.69) is 46.3 Å². The minimum Gasteiger partial charge on any atom is -0.340 e. The lowest BCUT2D eigenvalue weighted by atomic mass is 9.69. The number of likely N-dealkylation sites (tertiary alicyclic amines) is 1. The molecule has 0 bridgehead atoms. The molecule has 0 N–H and O–H groups in total. The zero-order valence-electron chi connectivity index (χ0n) is 29.4. The van der Waals surface area contributed by atoms with Gasteiger partial charge in [0, 0.05) is 88.6 Å². The number of hydrogen-bond donors (Lipinski definition) is 0. The Morgan fingerprint density at radius 1 is 1.04 bits per heavy atom. The van der Waals surface area contributed by atoms with E-state index in [9.17, 15) is 14.0 Å². The van der Waals surface area contributed by atoms with Gasteiger partial charge in [-0.05, 0) is 94.0 Å². The molecule has 3 aromatic rings. The predicted molar refractivity (Wildman–Crippen MR) is 185 cm³/mol. The number of benzene rings is 1. The van der Waals surface area contributed by atoms with Crippen LogP contribution in [0.3, 0.4) is 0 Å². The largest absolute Gasteiger partial charge is 0.340 e. The van der Waals surface area contributed by atoms with Gasteiger partial charge in [0.2, 0.25) is 5.91 Å². The highest BCUT2D eigenvalue weighted by Crippen LogP contribution is 2.42. The van der Waals surface area contributed by atoms with Crippen LogP contribution in [-0.4, -0.2) is 105 Å². The number of carbonyl (C=O) groups excluding carboxylic acids is 2. The van der Waals surface area contributed by atoms with Crippen molar-refractivity contribution in [1.29, 1.82) is 0 Å². The molecule has 1 saturated carbocycles. The molecule has 254 valence electrons. The summed E-state index contributed by atoms with van der Waals surface area (Å²) >= 11 is 0. The topological polar surface area (TPSA) is 64.9 Å². The molecule has 2 amide bonds. The number of aromatic nitrogens is 2. The van der Waals surface area contributed by atoms with Crippen molar-refractivity contribution >= 4 is 22.7 Å². The number of pyridine rings is 1. The Morgan fingerprint density at radius 2 is 1.74 bits per heavy atom. The van der Waals surface area contributed by atoms with Crippen LogP contribution in [0.5, 0.6) is 0 Å². The zero-order chi connectivity index (χ0) is 33.6. The van der Waals surface area contributed by atoms with Gasteiger partial charge in [0.1, 0.15) is 5.82 Å². The van der Waals surface area contributed by atoms with Gasteiger partial charge < -0.3 is 14.4 Å². The van der Waals surface area contributed by atoms with Crippen molar-refractivity contribution in [2.75, 3.05) is 45.8 Å². The number of hydrogen-bond acceptors (Lipinski definition) is 5. The van der Waals surface area contributed by atoms with Gasteiger partial charge in [-0.25, -0.2) is 4.39 Å². The molecule has 47 heavy (non-hydrogen) atoms. The Balaban J connectivity index is 1.16. The van der Waals surface area contributed by atoms with E-state index >= 15 is 0 Å². The monoisotopic (exact) mass is 644 g/mol. The van der Waals surface area contributed by atoms with E-state index in [1.54, 1.807) is 17.9 Å². The lowest BCUT2D eigenvalue weighted by Crippen LogP contribution is -2.62. The van der Waals surface area contributed by atoms with E-state index < -0.39 is 5.82 Å². The Morgan fingerprint density at radius 3 is 2.36 bits per heavy atom. The standard InChI is InChI=1S/C38H53FN6O2/c1-8-44(25(4)5)38(47)33-18-31(39)9-10-34(33)45-23-30(36-26(6)19-40-20-35(36)45)15-28-21-43(22-28)37(24(2)3)29-16-32(17-29)42-13-11-41(12-14-42)27(7)46/h9-10,18-20,23-25,28-29,32,37H,8,11-17,21-22H2,1-7H3. The maximum atomic E-state index is 14.6. The van der Waals surface area contributed by atoms with Crippen LogP contribution in [0.2, 0.25) is 0 Å². The molecule has 8 nitrogen and oxygen atoms in total. The number of piperazine rings is 1. The Kier molecular flexibility index (Phi) is 9.77. The van der Waals surface area contributed by atoms with Crippen molar-refractivity contribution in [2.24, 2.45) is 17.8 Å². The van der Waals surface area contributed by atoms with Crippen molar-refractivity contribution in [3.63, 3.8) is 0 Å². The zero-order valence-corrected chi connectivity index (χ0v) is 29.4. The van der Waals surface area contributed by atoms with E-state index in [0.29, 0.717) is 41.7 Å². The summed E-state index contributed by atoms with van der Waals surface area (Å²) in [5.41, 5.74) is 4.40. The van der Waals surface area contributed by atoms with Crippen LogP contribution < -0.4 is 0 Å². The molecule has 1 unspecified atom stereocenters. The molecule has 4 heterocycles. The number of rotatable bonds is 10. The van der Waals surface area contributed by atoms with Crippen LogP contribution in [0.4, 0.5) is 4.39 Å². The second-order valence-electron chi connectivity index (χ2n) is 14.9. The average molecular weight is 645 g/mol. The number of fused-ring (bicyclic) bond motifs is 1. The Hall–Kier alpha value is -3.30. The lowest BCUT2D eigenvalue weighted by molar-refractivity contribution is -0.131. The number of amides is 2. The summed E-state index contributed by atoms with van der Waals surface area (Å²) in [6, 6.07) is 5.82. The third-order valence-electron chi connectivity index (χ3n) is 11.2. The molecule has 0 spiro atoms. The number of halogens is 1. The molecule has 3 aliphatic rings. The van der Waals surface area contributed by atoms with E-state index in [1.807, 2.05) is 38.1 Å². The molecule has 2 aromatic heterocycles. The third kappa shape index (κ3) is 6.58. The first-order valence-corrected chi connectivity index (χ1v) is 17.8. The van der Waals surface area contributed by atoms with Gasteiger partial charge in [-0.1, -0.05) is 13.8 Å². The SMILES string of the molecule is CCN(C(=O)c1cc(F)ccc1-n1cc(CC2CN(C(C(C)C)C3CC(N4CCN(C(C)=O)CC4)C3)C2)c2c(C)cncc21)C(C)C. The van der Waals surface area contributed by atoms with Crippen molar-refractivity contribution in [1.82, 2.24) is 29.2 Å². The van der Waals surface area contributed by atoms with Crippen molar-refractivity contribution < 1.29 is 14.0 Å². The van der Waals surface area contributed by atoms with Crippen molar-refractivity contribution in [3.05, 3.63) is 59.3 Å². The first-order chi connectivity index (χ1) is 22.5. The fourth-order valence-corrected chi connectivity index (χ4v) is 8.75. The van der Waals surface area contributed by atoms with Gasteiger partial charge in [0.25, 0.3) is 5.91 Å². The summed E-state index contributed by atoms with van der Waals surface area (Å²) in [6.07, 6.45) is 9.43. The molecule has 6 rings (SSSR count). The highest BCUT2D eigenvalue weighted by molar-refractivity contribution is 5.99. The fraction of sp³-hybridized carbons (Fsp3) is 0.605. The smallest absolute Gasteiger partial charge is 0.256 e. The summed E-state index contributed by atoms with van der Waals surface area (Å²) < 4.78 is 16.6. The molecule has 9 heteroatoms. The van der Waals surface area contributed by atoms with Gasteiger partial charge in [-0.3, -0.25) is 24.4 Å². The number of carbonyl (C=O) groups is 2. The van der Waals surface area contributed by atoms with Gasteiger partial charge in [-0.15, -0.1) is 0 Å². The molecular formula is C38H53FN6O2. The number of aryl methyl sites for hydroxylation is 1. The highest BCUT2D eigenvalue weighted by Gasteiger charge is 2.45. The van der Waals surface area contributed by atoms with Gasteiger partial charge >= 0.3 is 0 Å². The van der Waals surface area contributed by atoms with Crippen LogP contribution in [0.1, 0.15) is 75.9 Å². The summed E-state index contributed by atoms with van der Waals surface area (Å²) in [6.45, 7) is 20.9. The van der Waals surface area contributed by atoms with Crippen LogP contribution in [0, 0.1) is 30.5 Å². The second kappa shape index (κ2) is 13.7. The first kappa shape index (κ1) is 33.6. The van der Waals surface area contributed by atoms with E-state index in [1.165, 1.54) is 35.9 Å². The van der Waals surface area contributed by atoms with Crippen LogP contribution in [-0.2, 0) is 11.2 Å². The highest BCUT2D eigenvalue weighted by atomic mass is 19.1. The normalized spacial score (nSPS) is 21.7. The van der Waals surface area contributed by atoms with Gasteiger partial charge in [0.05, 0.1) is 23.0 Å². The minimum absolute atomic E-state index is 0.00927.